The normalized spacial score (nSPS) is 10.4. The molecule has 0 aliphatic rings. The number of rotatable bonds is 5. The van der Waals surface area contributed by atoms with Gasteiger partial charge in [0.15, 0.2) is 17.5 Å². The molecule has 27 heavy (non-hydrogen) atoms. The molecule has 130 valence electrons. The summed E-state index contributed by atoms with van der Waals surface area (Å²) in [4.78, 5) is 14.0. The lowest BCUT2D eigenvalue weighted by molar-refractivity contribution is 0.454. The first kappa shape index (κ1) is 16.9. The van der Waals surface area contributed by atoms with Crippen molar-refractivity contribution in [1.29, 1.82) is 0 Å². The van der Waals surface area contributed by atoms with Crippen LogP contribution >= 0.6 is 0 Å². The standard InChI is InChI=1S/C21H16BN3O2/c26-22-27-18-13-11-17(12-14-18)21-24-19(15-7-3-1-4-8-15)23-20(25-21)16-9-5-2-6-10-16/h1-14,22,26H. The van der Waals surface area contributed by atoms with Crippen molar-refractivity contribution in [2.24, 2.45) is 0 Å². The second kappa shape index (κ2) is 7.80. The number of aromatic nitrogens is 3. The van der Waals surface area contributed by atoms with Crippen LogP contribution in [0.25, 0.3) is 34.2 Å². The number of hydrogen-bond donors (Lipinski definition) is 1. The molecule has 0 radical (unpaired) electrons. The molecule has 5 nitrogen and oxygen atoms in total. The SMILES string of the molecule is OBOc1ccc(-c2nc(-c3ccccc3)nc(-c3ccccc3)n2)cc1. The third kappa shape index (κ3) is 3.86. The van der Waals surface area contributed by atoms with Gasteiger partial charge in [0, 0.05) is 16.7 Å². The second-order valence-corrected chi connectivity index (χ2v) is 5.84. The van der Waals surface area contributed by atoms with Gasteiger partial charge in [0.05, 0.1) is 0 Å². The summed E-state index contributed by atoms with van der Waals surface area (Å²) in [6, 6.07) is 27.0. The lowest BCUT2D eigenvalue weighted by Crippen LogP contribution is -2.01. The molecule has 4 aromatic rings. The van der Waals surface area contributed by atoms with Gasteiger partial charge in [-0.25, -0.2) is 15.0 Å². The smallest absolute Gasteiger partial charge is 0.504 e. The molecule has 0 unspecified atom stereocenters. The predicted molar refractivity (Wildman–Crippen MR) is 106 cm³/mol. The van der Waals surface area contributed by atoms with Crippen LogP contribution in [0.3, 0.4) is 0 Å². The topological polar surface area (TPSA) is 68.1 Å². The summed E-state index contributed by atoms with van der Waals surface area (Å²) < 4.78 is 5.09. The van der Waals surface area contributed by atoms with Crippen molar-refractivity contribution in [3.63, 3.8) is 0 Å². The van der Waals surface area contributed by atoms with Crippen LogP contribution in [0.5, 0.6) is 5.75 Å². The summed E-state index contributed by atoms with van der Waals surface area (Å²) in [6.45, 7) is 0. The van der Waals surface area contributed by atoms with Gasteiger partial charge in [-0.2, -0.15) is 0 Å². The Labute approximate surface area is 157 Å². The Morgan fingerprint density at radius 2 is 0.963 bits per heavy atom. The molecular weight excluding hydrogens is 337 g/mol. The van der Waals surface area contributed by atoms with Crippen LogP contribution < -0.4 is 4.65 Å². The van der Waals surface area contributed by atoms with Crippen LogP contribution in [0.1, 0.15) is 0 Å². The van der Waals surface area contributed by atoms with Crippen LogP contribution in [-0.2, 0) is 0 Å². The molecule has 3 aromatic carbocycles. The van der Waals surface area contributed by atoms with Gasteiger partial charge in [-0.1, -0.05) is 60.7 Å². The van der Waals surface area contributed by atoms with Crippen LogP contribution in [0, 0.1) is 0 Å². The maximum absolute atomic E-state index is 8.88. The minimum atomic E-state index is -0.360. The fourth-order valence-corrected chi connectivity index (χ4v) is 2.71. The van der Waals surface area contributed by atoms with E-state index in [9.17, 15) is 0 Å². The summed E-state index contributed by atoms with van der Waals surface area (Å²) in [6.07, 6.45) is 0. The first-order chi connectivity index (χ1) is 13.3. The third-order valence-corrected chi connectivity index (χ3v) is 4.04. The average Bonchev–Trinajstić information content (AvgIpc) is 2.75. The molecule has 4 rings (SSSR count). The van der Waals surface area contributed by atoms with Crippen molar-refractivity contribution in [1.82, 2.24) is 15.0 Å². The van der Waals surface area contributed by atoms with E-state index in [2.05, 4.69) is 15.0 Å². The third-order valence-electron chi connectivity index (χ3n) is 4.04. The van der Waals surface area contributed by atoms with Crippen molar-refractivity contribution < 1.29 is 9.68 Å². The summed E-state index contributed by atoms with van der Waals surface area (Å²) >= 11 is 0. The van der Waals surface area contributed by atoms with Gasteiger partial charge in [-0.15, -0.1) is 0 Å². The second-order valence-electron chi connectivity index (χ2n) is 5.84. The zero-order valence-electron chi connectivity index (χ0n) is 14.5. The Morgan fingerprint density at radius 1 is 0.556 bits per heavy atom. The van der Waals surface area contributed by atoms with Gasteiger partial charge in [0.1, 0.15) is 5.75 Å². The fourth-order valence-electron chi connectivity index (χ4n) is 2.71. The number of nitrogens with zero attached hydrogens (tertiary/aromatic N) is 3. The zero-order valence-corrected chi connectivity index (χ0v) is 14.5. The van der Waals surface area contributed by atoms with Gasteiger partial charge < -0.3 is 9.68 Å². The van der Waals surface area contributed by atoms with E-state index in [1.54, 1.807) is 12.1 Å². The van der Waals surface area contributed by atoms with Gasteiger partial charge in [-0.3, -0.25) is 0 Å². The minimum Gasteiger partial charge on any atom is -0.539 e. The van der Waals surface area contributed by atoms with Gasteiger partial charge in [-0.05, 0) is 24.3 Å². The Morgan fingerprint density at radius 3 is 1.37 bits per heavy atom. The van der Waals surface area contributed by atoms with E-state index in [-0.39, 0.29) is 7.69 Å². The maximum atomic E-state index is 8.88. The molecule has 0 saturated heterocycles. The van der Waals surface area contributed by atoms with Crippen molar-refractivity contribution in [2.75, 3.05) is 0 Å². The van der Waals surface area contributed by atoms with E-state index in [4.69, 9.17) is 9.68 Å². The highest BCUT2D eigenvalue weighted by atomic mass is 16.5. The highest BCUT2D eigenvalue weighted by Crippen LogP contribution is 2.25. The molecular formula is C21H16BN3O2. The van der Waals surface area contributed by atoms with Gasteiger partial charge in [0.25, 0.3) is 0 Å². The molecule has 0 saturated carbocycles. The van der Waals surface area contributed by atoms with Crippen molar-refractivity contribution in [3.8, 4) is 39.9 Å². The number of hydrogen-bond acceptors (Lipinski definition) is 5. The molecule has 0 amide bonds. The first-order valence-electron chi connectivity index (χ1n) is 8.54. The molecule has 0 aliphatic heterocycles. The van der Waals surface area contributed by atoms with Gasteiger partial charge in [0.2, 0.25) is 0 Å². The van der Waals surface area contributed by atoms with E-state index < -0.39 is 0 Å². The Bertz CT molecular complexity index is 968. The molecule has 0 atom stereocenters. The number of benzene rings is 3. The van der Waals surface area contributed by atoms with E-state index in [1.807, 2.05) is 72.8 Å². The van der Waals surface area contributed by atoms with E-state index in [0.717, 1.165) is 16.7 Å². The lowest BCUT2D eigenvalue weighted by Gasteiger charge is -2.09. The molecule has 0 aliphatic carbocycles. The lowest BCUT2D eigenvalue weighted by atomic mass is 10.1. The Hall–Kier alpha value is -3.51. The highest BCUT2D eigenvalue weighted by Gasteiger charge is 2.12. The summed E-state index contributed by atoms with van der Waals surface area (Å²) in [5.74, 6) is 2.41. The first-order valence-corrected chi connectivity index (χ1v) is 8.54. The Balaban J connectivity index is 1.83. The molecule has 0 fully saturated rings. The van der Waals surface area contributed by atoms with Gasteiger partial charge >= 0.3 is 7.69 Å². The molecule has 1 aromatic heterocycles. The van der Waals surface area contributed by atoms with Crippen molar-refractivity contribution in [3.05, 3.63) is 84.9 Å². The maximum Gasteiger partial charge on any atom is 0.504 e. The molecule has 0 bridgehead atoms. The van der Waals surface area contributed by atoms with E-state index >= 15 is 0 Å². The van der Waals surface area contributed by atoms with E-state index in [0.29, 0.717) is 23.2 Å². The molecule has 1 heterocycles. The van der Waals surface area contributed by atoms with Crippen molar-refractivity contribution >= 4 is 7.69 Å². The largest absolute Gasteiger partial charge is 0.539 e. The molecule has 0 spiro atoms. The highest BCUT2D eigenvalue weighted by molar-refractivity contribution is 6.17. The predicted octanol–water partition coefficient (Wildman–Crippen LogP) is 3.51. The monoisotopic (exact) mass is 353 g/mol. The summed E-state index contributed by atoms with van der Waals surface area (Å²) in [5, 5.41) is 8.88. The van der Waals surface area contributed by atoms with Crippen LogP contribution in [-0.4, -0.2) is 27.7 Å². The summed E-state index contributed by atoms with van der Waals surface area (Å²) in [5.41, 5.74) is 2.70. The van der Waals surface area contributed by atoms with Crippen LogP contribution in [0.4, 0.5) is 0 Å². The van der Waals surface area contributed by atoms with Crippen molar-refractivity contribution in [2.45, 2.75) is 0 Å². The average molecular weight is 353 g/mol. The van der Waals surface area contributed by atoms with Crippen LogP contribution in [0.15, 0.2) is 84.9 Å². The summed E-state index contributed by atoms with van der Waals surface area (Å²) in [7, 11) is -0.360. The van der Waals surface area contributed by atoms with E-state index in [1.165, 1.54) is 0 Å². The zero-order chi connectivity index (χ0) is 18.5. The minimum absolute atomic E-state index is 0.360. The quantitative estimate of drug-likeness (QED) is 0.556. The fraction of sp³-hybridized carbons (Fsp3) is 0. The molecule has 1 N–H and O–H groups in total. The molecule has 6 heteroatoms. The van der Waals surface area contributed by atoms with Crippen LogP contribution in [0.2, 0.25) is 0 Å². The Kier molecular flexibility index (Phi) is 4.89.